The van der Waals surface area contributed by atoms with Gasteiger partial charge in [0.05, 0.1) is 0 Å². The van der Waals surface area contributed by atoms with Gasteiger partial charge in [0, 0.05) is 16.7 Å². The molecule has 0 aliphatic heterocycles. The molecule has 3 nitrogen and oxygen atoms in total. The lowest BCUT2D eigenvalue weighted by Crippen LogP contribution is -2.54. The van der Waals surface area contributed by atoms with Crippen LogP contribution in [0.2, 0.25) is 0 Å². The van der Waals surface area contributed by atoms with Gasteiger partial charge < -0.3 is 5.11 Å². The molecule has 0 aliphatic rings. The summed E-state index contributed by atoms with van der Waals surface area (Å²) in [6.45, 7) is 9.81. The molecule has 1 aromatic rings. The number of carboxylic acid groups (broad SMARTS) is 1. The molecule has 1 aromatic carbocycles. The topological polar surface area (TPSA) is 49.3 Å². The largest absolute Gasteiger partial charge is 0.480 e. The van der Waals surface area contributed by atoms with Gasteiger partial charge in [-0.1, -0.05) is 6.07 Å². The van der Waals surface area contributed by atoms with E-state index in [9.17, 15) is 9.90 Å². The molecule has 0 heterocycles. The van der Waals surface area contributed by atoms with E-state index in [1.807, 2.05) is 19.9 Å². The zero-order chi connectivity index (χ0) is 14.6. The van der Waals surface area contributed by atoms with Crippen LogP contribution in [-0.4, -0.2) is 28.4 Å². The van der Waals surface area contributed by atoms with E-state index in [1.165, 1.54) is 11.1 Å². The van der Waals surface area contributed by atoms with Crippen molar-refractivity contribution in [1.29, 1.82) is 0 Å². The van der Waals surface area contributed by atoms with Gasteiger partial charge in [0.15, 0.2) is 0 Å². The minimum atomic E-state index is -0.905. The SMILES string of the molecule is Cc1ccc(SCC(C)(NC(C)C)C(=O)O)cc1C. The van der Waals surface area contributed by atoms with Crippen molar-refractivity contribution in [3.05, 3.63) is 29.3 Å². The third-order valence-corrected chi connectivity index (χ3v) is 4.39. The third-order valence-electron chi connectivity index (χ3n) is 3.09. The lowest BCUT2D eigenvalue weighted by atomic mass is 10.1. The maximum Gasteiger partial charge on any atom is 0.324 e. The van der Waals surface area contributed by atoms with Gasteiger partial charge in [0.25, 0.3) is 0 Å². The highest BCUT2D eigenvalue weighted by atomic mass is 32.2. The van der Waals surface area contributed by atoms with Gasteiger partial charge in [-0.15, -0.1) is 11.8 Å². The van der Waals surface area contributed by atoms with E-state index >= 15 is 0 Å². The Hall–Kier alpha value is -1.00. The van der Waals surface area contributed by atoms with Crippen LogP contribution in [0.25, 0.3) is 0 Å². The molecular weight excluding hydrogens is 258 g/mol. The molecule has 0 saturated heterocycles. The monoisotopic (exact) mass is 281 g/mol. The molecule has 0 saturated carbocycles. The molecule has 0 bridgehead atoms. The van der Waals surface area contributed by atoms with Gasteiger partial charge in [-0.25, -0.2) is 0 Å². The maximum absolute atomic E-state index is 11.4. The molecule has 1 rings (SSSR count). The highest BCUT2D eigenvalue weighted by Gasteiger charge is 2.33. The minimum Gasteiger partial charge on any atom is -0.480 e. The van der Waals surface area contributed by atoms with Gasteiger partial charge in [0.1, 0.15) is 5.54 Å². The second kappa shape index (κ2) is 6.44. The van der Waals surface area contributed by atoms with E-state index in [2.05, 4.69) is 31.3 Å². The number of carbonyl (C=O) groups is 1. The second-order valence-electron chi connectivity index (χ2n) is 5.47. The van der Waals surface area contributed by atoms with E-state index in [4.69, 9.17) is 0 Å². The quantitative estimate of drug-likeness (QED) is 0.786. The van der Waals surface area contributed by atoms with Crippen molar-refractivity contribution in [2.45, 2.75) is 51.1 Å². The van der Waals surface area contributed by atoms with Crippen LogP contribution in [0.5, 0.6) is 0 Å². The number of hydrogen-bond acceptors (Lipinski definition) is 3. The molecule has 1 unspecified atom stereocenters. The van der Waals surface area contributed by atoms with E-state index in [-0.39, 0.29) is 6.04 Å². The smallest absolute Gasteiger partial charge is 0.324 e. The first-order chi connectivity index (χ1) is 8.74. The first kappa shape index (κ1) is 16.1. The maximum atomic E-state index is 11.4. The van der Waals surface area contributed by atoms with E-state index in [0.29, 0.717) is 5.75 Å². The lowest BCUT2D eigenvalue weighted by molar-refractivity contribution is -0.143. The Morgan fingerprint density at radius 2 is 2.00 bits per heavy atom. The van der Waals surface area contributed by atoms with Crippen LogP contribution in [0.4, 0.5) is 0 Å². The van der Waals surface area contributed by atoms with Crippen molar-refractivity contribution in [1.82, 2.24) is 5.32 Å². The number of thioether (sulfide) groups is 1. The summed E-state index contributed by atoms with van der Waals surface area (Å²) < 4.78 is 0. The third kappa shape index (κ3) is 4.55. The first-order valence-electron chi connectivity index (χ1n) is 6.46. The van der Waals surface area contributed by atoms with Crippen molar-refractivity contribution in [3.8, 4) is 0 Å². The minimum absolute atomic E-state index is 0.140. The number of hydrogen-bond donors (Lipinski definition) is 2. The summed E-state index contributed by atoms with van der Waals surface area (Å²) in [5, 5.41) is 12.5. The lowest BCUT2D eigenvalue weighted by Gasteiger charge is -2.28. The van der Waals surface area contributed by atoms with Gasteiger partial charge in [-0.3, -0.25) is 10.1 Å². The van der Waals surface area contributed by atoms with Crippen LogP contribution in [0.15, 0.2) is 23.1 Å². The van der Waals surface area contributed by atoms with Crippen molar-refractivity contribution in [2.24, 2.45) is 0 Å². The highest BCUT2D eigenvalue weighted by Crippen LogP contribution is 2.25. The fourth-order valence-electron chi connectivity index (χ4n) is 1.83. The first-order valence-corrected chi connectivity index (χ1v) is 7.44. The summed E-state index contributed by atoms with van der Waals surface area (Å²) in [6, 6.07) is 6.37. The molecule has 0 fully saturated rings. The van der Waals surface area contributed by atoms with Crippen molar-refractivity contribution in [2.75, 3.05) is 5.75 Å². The van der Waals surface area contributed by atoms with Crippen LogP contribution in [0.1, 0.15) is 31.9 Å². The Labute approximate surface area is 119 Å². The molecule has 0 spiro atoms. The molecule has 4 heteroatoms. The zero-order valence-electron chi connectivity index (χ0n) is 12.3. The van der Waals surface area contributed by atoms with Gasteiger partial charge >= 0.3 is 5.97 Å². The number of carboxylic acids is 1. The molecule has 0 aliphatic carbocycles. The van der Waals surface area contributed by atoms with Crippen molar-refractivity contribution in [3.63, 3.8) is 0 Å². The average Bonchev–Trinajstić information content (AvgIpc) is 2.29. The Morgan fingerprint density at radius 1 is 1.37 bits per heavy atom. The number of aryl methyl sites for hydroxylation is 2. The van der Waals surface area contributed by atoms with E-state index < -0.39 is 11.5 Å². The fraction of sp³-hybridized carbons (Fsp3) is 0.533. The van der Waals surface area contributed by atoms with Crippen LogP contribution < -0.4 is 5.32 Å². The van der Waals surface area contributed by atoms with E-state index in [1.54, 1.807) is 18.7 Å². The Kier molecular flexibility index (Phi) is 5.44. The Balaban J connectivity index is 2.76. The second-order valence-corrected chi connectivity index (χ2v) is 6.52. The molecule has 0 amide bonds. The predicted octanol–water partition coefficient (Wildman–Crippen LogP) is 3.24. The van der Waals surface area contributed by atoms with Crippen molar-refractivity contribution >= 4 is 17.7 Å². The summed E-state index contributed by atoms with van der Waals surface area (Å²) in [4.78, 5) is 12.5. The molecular formula is C15H23NO2S. The number of benzene rings is 1. The van der Waals surface area contributed by atoms with E-state index in [0.717, 1.165) is 4.90 Å². The average molecular weight is 281 g/mol. The normalized spacial score (nSPS) is 14.4. The summed E-state index contributed by atoms with van der Waals surface area (Å²) in [5.74, 6) is -0.305. The molecule has 0 aromatic heterocycles. The van der Waals surface area contributed by atoms with Crippen LogP contribution in [0, 0.1) is 13.8 Å². The number of rotatable bonds is 6. The van der Waals surface area contributed by atoms with Gasteiger partial charge in [-0.05, 0) is 57.9 Å². The molecule has 19 heavy (non-hydrogen) atoms. The molecule has 0 radical (unpaired) electrons. The van der Waals surface area contributed by atoms with Gasteiger partial charge in [0.2, 0.25) is 0 Å². The predicted molar refractivity (Wildman–Crippen MR) is 81.0 cm³/mol. The van der Waals surface area contributed by atoms with Gasteiger partial charge in [-0.2, -0.15) is 0 Å². The Bertz CT molecular complexity index is 459. The standard InChI is InChI=1S/C15H23NO2S/c1-10(2)16-15(5,14(17)18)9-19-13-7-6-11(3)12(4)8-13/h6-8,10,16H,9H2,1-5H3,(H,17,18). The van der Waals surface area contributed by atoms with Crippen LogP contribution in [0.3, 0.4) is 0 Å². The number of aliphatic carboxylic acids is 1. The highest BCUT2D eigenvalue weighted by molar-refractivity contribution is 7.99. The summed E-state index contributed by atoms with van der Waals surface area (Å²) in [7, 11) is 0. The van der Waals surface area contributed by atoms with Crippen LogP contribution in [-0.2, 0) is 4.79 Å². The summed E-state index contributed by atoms with van der Waals surface area (Å²) in [5.41, 5.74) is 1.59. The molecule has 2 N–H and O–H groups in total. The van der Waals surface area contributed by atoms with Crippen molar-refractivity contribution < 1.29 is 9.90 Å². The Morgan fingerprint density at radius 3 is 2.47 bits per heavy atom. The van der Waals surface area contributed by atoms with Crippen LogP contribution >= 0.6 is 11.8 Å². The fourth-order valence-corrected chi connectivity index (χ4v) is 2.92. The summed E-state index contributed by atoms with van der Waals surface area (Å²) in [6.07, 6.45) is 0. The molecule has 106 valence electrons. The summed E-state index contributed by atoms with van der Waals surface area (Å²) >= 11 is 1.58. The molecule has 1 atom stereocenters. The zero-order valence-corrected chi connectivity index (χ0v) is 13.1. The number of nitrogens with one attached hydrogen (secondary N) is 1.